The van der Waals surface area contributed by atoms with Gasteiger partial charge in [0.15, 0.2) is 5.58 Å². The van der Waals surface area contributed by atoms with Gasteiger partial charge in [0.1, 0.15) is 5.82 Å². The van der Waals surface area contributed by atoms with Crippen LogP contribution in [0.1, 0.15) is 12.5 Å². The van der Waals surface area contributed by atoms with Crippen LogP contribution in [0.3, 0.4) is 0 Å². The topological polar surface area (TPSA) is 108 Å². The van der Waals surface area contributed by atoms with Crippen LogP contribution in [0.5, 0.6) is 0 Å². The van der Waals surface area contributed by atoms with Crippen molar-refractivity contribution in [2.24, 2.45) is 0 Å². The Morgan fingerprint density at radius 3 is 2.78 bits per heavy atom. The van der Waals surface area contributed by atoms with Gasteiger partial charge < -0.3 is 24.3 Å². The van der Waals surface area contributed by atoms with E-state index in [1.807, 2.05) is 17.9 Å². The maximum Gasteiger partial charge on any atom is 0.417 e. The number of H-pyrrole nitrogens is 1. The van der Waals surface area contributed by atoms with E-state index in [0.29, 0.717) is 42.1 Å². The number of anilines is 2. The minimum absolute atomic E-state index is 0.197. The third-order valence-corrected chi connectivity index (χ3v) is 5.46. The smallest absolute Gasteiger partial charge is 0.408 e. The van der Waals surface area contributed by atoms with E-state index < -0.39 is 17.6 Å². The molecule has 4 rings (SSSR count). The Labute approximate surface area is 182 Å². The van der Waals surface area contributed by atoms with Gasteiger partial charge in [0.25, 0.3) is 0 Å². The molecule has 1 fully saturated rings. The second-order valence-corrected chi connectivity index (χ2v) is 7.68. The zero-order chi connectivity index (χ0) is 22.8. The van der Waals surface area contributed by atoms with Crippen LogP contribution in [-0.4, -0.2) is 54.5 Å². The largest absolute Gasteiger partial charge is 0.417 e. The molecule has 10 heteroatoms. The van der Waals surface area contributed by atoms with E-state index in [0.717, 1.165) is 0 Å². The molecular formula is C22H23FN4O5. The van der Waals surface area contributed by atoms with Crippen LogP contribution in [0.25, 0.3) is 11.1 Å². The van der Waals surface area contributed by atoms with Gasteiger partial charge in [-0.3, -0.25) is 14.6 Å². The predicted octanol–water partition coefficient (Wildman–Crippen LogP) is 2.08. The van der Waals surface area contributed by atoms with Crippen LogP contribution in [-0.2, 0) is 20.9 Å². The van der Waals surface area contributed by atoms with Crippen molar-refractivity contribution in [3.63, 3.8) is 0 Å². The number of hydrogen-bond donors (Lipinski definition) is 2. The first-order valence-electron chi connectivity index (χ1n) is 10.1. The van der Waals surface area contributed by atoms with Gasteiger partial charge in [0.2, 0.25) is 0 Å². The summed E-state index contributed by atoms with van der Waals surface area (Å²) in [6, 6.07) is 9.34. The molecule has 1 atom stereocenters. The summed E-state index contributed by atoms with van der Waals surface area (Å²) in [5.74, 6) is -2.38. The third kappa shape index (κ3) is 4.35. The lowest BCUT2D eigenvalue weighted by Crippen LogP contribution is -2.56. The Morgan fingerprint density at radius 1 is 1.25 bits per heavy atom. The summed E-state index contributed by atoms with van der Waals surface area (Å²) in [6.07, 6.45) is 0. The van der Waals surface area contributed by atoms with Gasteiger partial charge >= 0.3 is 17.6 Å². The summed E-state index contributed by atoms with van der Waals surface area (Å²) in [4.78, 5) is 42.5. The molecule has 1 aliphatic rings. The fourth-order valence-electron chi connectivity index (χ4n) is 3.84. The number of halogens is 1. The van der Waals surface area contributed by atoms with E-state index in [9.17, 15) is 18.8 Å². The number of aromatic amines is 1. The summed E-state index contributed by atoms with van der Waals surface area (Å²) in [5, 5.41) is 2.55. The molecule has 2 aromatic carbocycles. The molecule has 1 aromatic heterocycles. The van der Waals surface area contributed by atoms with Crippen molar-refractivity contribution in [3.8, 4) is 0 Å². The molecule has 0 aliphatic carbocycles. The fraction of sp³-hybridized carbons (Fsp3) is 0.318. The third-order valence-electron chi connectivity index (χ3n) is 5.46. The Morgan fingerprint density at radius 2 is 2.06 bits per heavy atom. The van der Waals surface area contributed by atoms with E-state index in [1.54, 1.807) is 18.2 Å². The lowest BCUT2D eigenvalue weighted by Gasteiger charge is -2.40. The highest BCUT2D eigenvalue weighted by Gasteiger charge is 2.31. The molecule has 0 bridgehead atoms. The molecule has 2 amide bonds. The molecule has 0 saturated carbocycles. The summed E-state index contributed by atoms with van der Waals surface area (Å²) in [5.41, 5.74) is 2.32. The standard InChI is InChI=1S/C22H23FN4O5/c1-13-11-26(16-5-3-14(12-31-2)17(23)10-16)7-8-27(13)21(29)20(28)24-15-4-6-18-19(9-15)32-22(30)25-18/h3-6,9-10,13H,7-8,11-12H2,1-2H3,(H,24,28)(H,25,30)/t13-/m1/s1. The Bertz CT molecular complexity index is 1220. The minimum Gasteiger partial charge on any atom is -0.408 e. The zero-order valence-corrected chi connectivity index (χ0v) is 17.7. The molecular weight excluding hydrogens is 419 g/mol. The monoisotopic (exact) mass is 442 g/mol. The number of fused-ring (bicyclic) bond motifs is 1. The van der Waals surface area contributed by atoms with Crippen LogP contribution in [0, 0.1) is 5.82 Å². The van der Waals surface area contributed by atoms with Crippen LogP contribution < -0.4 is 16.0 Å². The minimum atomic E-state index is -0.780. The highest BCUT2D eigenvalue weighted by atomic mass is 19.1. The molecule has 168 valence electrons. The van der Waals surface area contributed by atoms with E-state index >= 15 is 0 Å². The zero-order valence-electron chi connectivity index (χ0n) is 17.7. The number of ether oxygens (including phenoxy) is 1. The second-order valence-electron chi connectivity index (χ2n) is 7.68. The molecule has 0 unspecified atom stereocenters. The van der Waals surface area contributed by atoms with Crippen LogP contribution in [0.4, 0.5) is 15.8 Å². The maximum atomic E-state index is 14.3. The number of carbonyl (C=O) groups is 2. The highest BCUT2D eigenvalue weighted by molar-refractivity contribution is 6.39. The van der Waals surface area contributed by atoms with Gasteiger partial charge in [-0.2, -0.15) is 0 Å². The lowest BCUT2D eigenvalue weighted by atomic mass is 10.1. The molecule has 32 heavy (non-hydrogen) atoms. The molecule has 3 aromatic rings. The number of oxazole rings is 1. The quantitative estimate of drug-likeness (QED) is 0.599. The van der Waals surface area contributed by atoms with Crippen LogP contribution in [0.15, 0.2) is 45.6 Å². The average Bonchev–Trinajstić information content (AvgIpc) is 3.14. The summed E-state index contributed by atoms with van der Waals surface area (Å²) >= 11 is 0. The van der Waals surface area contributed by atoms with Gasteiger partial charge in [-0.15, -0.1) is 0 Å². The molecule has 2 N–H and O–H groups in total. The van der Waals surface area contributed by atoms with Crippen molar-refractivity contribution < 1.29 is 23.1 Å². The van der Waals surface area contributed by atoms with E-state index in [4.69, 9.17) is 9.15 Å². The van der Waals surface area contributed by atoms with Crippen LogP contribution >= 0.6 is 0 Å². The van der Waals surface area contributed by atoms with E-state index in [-0.39, 0.29) is 24.0 Å². The number of methoxy groups -OCH3 is 1. The van der Waals surface area contributed by atoms with E-state index in [1.165, 1.54) is 24.1 Å². The summed E-state index contributed by atoms with van der Waals surface area (Å²) < 4.78 is 24.2. The average molecular weight is 442 g/mol. The van der Waals surface area contributed by atoms with Crippen molar-refractivity contribution in [2.75, 3.05) is 37.0 Å². The first kappa shape index (κ1) is 21.6. The fourth-order valence-corrected chi connectivity index (χ4v) is 3.84. The van der Waals surface area contributed by atoms with Crippen molar-refractivity contribution in [2.45, 2.75) is 19.6 Å². The Kier molecular flexibility index (Phi) is 5.95. The number of carbonyl (C=O) groups excluding carboxylic acids is 2. The molecule has 2 heterocycles. The molecule has 1 saturated heterocycles. The van der Waals surface area contributed by atoms with Gasteiger partial charge in [-0.25, -0.2) is 9.18 Å². The SMILES string of the molecule is COCc1ccc(N2CCN(C(=O)C(=O)Nc3ccc4[nH]c(=O)oc4c3)[C@H](C)C2)cc1F. The molecule has 0 spiro atoms. The number of amides is 2. The maximum absolute atomic E-state index is 14.3. The van der Waals surface area contributed by atoms with Gasteiger partial charge in [-0.05, 0) is 31.2 Å². The highest BCUT2D eigenvalue weighted by Crippen LogP contribution is 2.23. The number of rotatable bonds is 4. The first-order chi connectivity index (χ1) is 15.4. The predicted molar refractivity (Wildman–Crippen MR) is 116 cm³/mol. The van der Waals surface area contributed by atoms with Crippen molar-refractivity contribution in [1.29, 1.82) is 0 Å². The first-order valence-corrected chi connectivity index (χ1v) is 10.1. The van der Waals surface area contributed by atoms with Crippen molar-refractivity contribution >= 4 is 34.3 Å². The number of piperazine rings is 1. The van der Waals surface area contributed by atoms with Gasteiger partial charge in [0, 0.05) is 55.8 Å². The number of nitrogens with zero attached hydrogens (tertiary/aromatic N) is 2. The van der Waals surface area contributed by atoms with Crippen LogP contribution in [0.2, 0.25) is 0 Å². The normalized spacial score (nSPS) is 16.4. The van der Waals surface area contributed by atoms with Gasteiger partial charge in [-0.1, -0.05) is 6.07 Å². The molecule has 9 nitrogen and oxygen atoms in total. The number of nitrogens with one attached hydrogen (secondary N) is 2. The number of benzene rings is 2. The summed E-state index contributed by atoms with van der Waals surface area (Å²) in [6.45, 7) is 3.28. The summed E-state index contributed by atoms with van der Waals surface area (Å²) in [7, 11) is 1.51. The molecule has 0 radical (unpaired) electrons. The molecule has 1 aliphatic heterocycles. The Hall–Kier alpha value is -3.66. The lowest BCUT2D eigenvalue weighted by molar-refractivity contribution is -0.144. The van der Waals surface area contributed by atoms with E-state index in [2.05, 4.69) is 10.3 Å². The van der Waals surface area contributed by atoms with Gasteiger partial charge in [0.05, 0.1) is 12.1 Å². The number of aromatic nitrogens is 1. The van der Waals surface area contributed by atoms with Crippen molar-refractivity contribution in [1.82, 2.24) is 9.88 Å². The van der Waals surface area contributed by atoms with Crippen molar-refractivity contribution in [3.05, 3.63) is 58.3 Å². The second kappa shape index (κ2) is 8.83. The number of hydrogen-bond acceptors (Lipinski definition) is 6. The Balaban J connectivity index is 1.40.